The summed E-state index contributed by atoms with van der Waals surface area (Å²) in [6.07, 6.45) is 2.30. The number of sulfone groups is 1. The van der Waals surface area contributed by atoms with Crippen LogP contribution in [0.5, 0.6) is 5.75 Å². The molecule has 0 aliphatic carbocycles. The maximum Gasteiger partial charge on any atom is 0.264 e. The van der Waals surface area contributed by atoms with Crippen LogP contribution in [-0.4, -0.2) is 42.2 Å². The number of amides is 1. The predicted octanol–water partition coefficient (Wildman–Crippen LogP) is 1.53. The average molecular weight is 408 g/mol. The molecule has 0 saturated heterocycles. The first-order chi connectivity index (χ1) is 13.0. The van der Waals surface area contributed by atoms with Crippen molar-refractivity contribution < 1.29 is 23.2 Å². The van der Waals surface area contributed by atoms with Crippen molar-refractivity contribution in [3.05, 3.63) is 52.4 Å². The Morgan fingerprint density at radius 2 is 1.89 bits per heavy atom. The van der Waals surface area contributed by atoms with Gasteiger partial charge in [0.05, 0.1) is 7.11 Å². The van der Waals surface area contributed by atoms with Gasteiger partial charge in [-0.15, -0.1) is 0 Å². The first-order valence-electron chi connectivity index (χ1n) is 8.53. The summed E-state index contributed by atoms with van der Waals surface area (Å²) >= 11 is 0. The normalized spacial score (nSPS) is 13.6. The van der Waals surface area contributed by atoms with Crippen LogP contribution in [0.4, 0.5) is 0 Å². The third-order valence-electron chi connectivity index (χ3n) is 4.95. The van der Waals surface area contributed by atoms with E-state index in [9.17, 15) is 18.0 Å². The highest BCUT2D eigenvalue weighted by molar-refractivity contribution is 7.92. The molecule has 1 aromatic carbocycles. The summed E-state index contributed by atoms with van der Waals surface area (Å²) in [6, 6.07) is 8.76. The van der Waals surface area contributed by atoms with Crippen molar-refractivity contribution in [2.24, 2.45) is 0 Å². The number of pyridine rings is 1. The van der Waals surface area contributed by atoms with Gasteiger partial charge in [-0.3, -0.25) is 14.8 Å². The highest BCUT2D eigenvalue weighted by atomic mass is 32.2. The number of rotatable bonds is 7. The molecule has 8 nitrogen and oxygen atoms in total. The summed E-state index contributed by atoms with van der Waals surface area (Å²) in [5, 5.41) is 8.87. The Morgan fingerprint density at radius 3 is 2.39 bits per heavy atom. The lowest BCUT2D eigenvalue weighted by Crippen LogP contribution is -2.49. The van der Waals surface area contributed by atoms with E-state index in [2.05, 4.69) is 0 Å². The van der Waals surface area contributed by atoms with Crippen molar-refractivity contribution in [1.82, 2.24) is 10.0 Å². The molecule has 0 spiro atoms. The maximum atomic E-state index is 12.5. The van der Waals surface area contributed by atoms with E-state index >= 15 is 0 Å². The van der Waals surface area contributed by atoms with Crippen LogP contribution in [0, 0.1) is 6.92 Å². The fourth-order valence-electron chi connectivity index (χ4n) is 2.85. The molecule has 0 saturated carbocycles. The van der Waals surface area contributed by atoms with Crippen molar-refractivity contribution in [3.63, 3.8) is 0 Å². The number of hydrogen-bond acceptors (Lipinski definition) is 6. The molecule has 0 unspecified atom stereocenters. The molecule has 28 heavy (non-hydrogen) atoms. The third-order valence-corrected chi connectivity index (χ3v) is 6.98. The number of aryl methyl sites for hydroxylation is 2. The van der Waals surface area contributed by atoms with Crippen LogP contribution < -0.4 is 15.8 Å². The molecule has 1 amide bonds. The fourth-order valence-corrected chi connectivity index (χ4v) is 3.69. The molecule has 1 heterocycles. The van der Waals surface area contributed by atoms with Crippen LogP contribution in [0.3, 0.4) is 0 Å². The third kappa shape index (κ3) is 4.26. The van der Waals surface area contributed by atoms with Gasteiger partial charge in [0.1, 0.15) is 5.75 Å². The predicted molar refractivity (Wildman–Crippen MR) is 105 cm³/mol. The molecule has 1 atom stereocenters. The lowest BCUT2D eigenvalue weighted by Gasteiger charge is -2.25. The highest BCUT2D eigenvalue weighted by Gasteiger charge is 2.43. The number of nitrogens with one attached hydrogen (secondary N) is 1. The second kappa shape index (κ2) is 8.15. The molecule has 2 rings (SSSR count). The number of ether oxygens (including phenoxy) is 1. The summed E-state index contributed by atoms with van der Waals surface area (Å²) in [5.41, 5.74) is 3.56. The Morgan fingerprint density at radius 1 is 1.25 bits per heavy atom. The standard InChI is InChI=1S/C19H24N2O6S/c1-13-11-14(5-6-16(13)27-3)15-7-9-21(17(22)12-15)10-8-19(2,18(23)20-24)28(4,25)26/h5-7,9,11-12,24H,8,10H2,1-4H3,(H,20,23)/t19-/m1/s1. The number of hydroxylamine groups is 1. The lowest BCUT2D eigenvalue weighted by atomic mass is 10.0. The minimum absolute atomic E-state index is 0.00224. The van der Waals surface area contributed by atoms with Gasteiger partial charge in [-0.05, 0) is 55.2 Å². The van der Waals surface area contributed by atoms with Gasteiger partial charge in [0.25, 0.3) is 11.5 Å². The van der Waals surface area contributed by atoms with Crippen LogP contribution in [0.25, 0.3) is 11.1 Å². The van der Waals surface area contributed by atoms with E-state index in [1.54, 1.807) is 19.4 Å². The number of nitrogens with zero attached hydrogens (tertiary/aromatic N) is 1. The Bertz CT molecular complexity index is 1040. The van der Waals surface area contributed by atoms with E-state index in [1.165, 1.54) is 23.0 Å². The number of aromatic nitrogens is 1. The molecule has 0 aliphatic heterocycles. The molecule has 2 N–H and O–H groups in total. The second-order valence-electron chi connectivity index (χ2n) is 6.83. The number of methoxy groups -OCH3 is 1. The zero-order chi connectivity index (χ0) is 21.1. The topological polar surface area (TPSA) is 115 Å². The van der Waals surface area contributed by atoms with Gasteiger partial charge in [0.15, 0.2) is 14.6 Å². The molecule has 9 heteroatoms. The summed E-state index contributed by atoms with van der Waals surface area (Å²) < 4.78 is 28.7. The Labute approximate surface area is 163 Å². The zero-order valence-corrected chi connectivity index (χ0v) is 17.0. The van der Waals surface area contributed by atoms with Gasteiger partial charge in [-0.1, -0.05) is 6.07 Å². The Balaban J connectivity index is 2.29. The molecular formula is C19H24N2O6S. The molecule has 0 aliphatic rings. The molecule has 0 bridgehead atoms. The summed E-state index contributed by atoms with van der Waals surface area (Å²) in [6.45, 7) is 3.12. The molecule has 0 fully saturated rings. The SMILES string of the molecule is COc1ccc(-c2ccn(CC[C@](C)(C(=O)NO)S(C)(=O)=O)c(=O)c2)cc1C. The van der Waals surface area contributed by atoms with Gasteiger partial charge >= 0.3 is 0 Å². The minimum atomic E-state index is -3.82. The largest absolute Gasteiger partial charge is 0.496 e. The van der Waals surface area contributed by atoms with E-state index in [1.807, 2.05) is 25.1 Å². The molecule has 1 aromatic heterocycles. The van der Waals surface area contributed by atoms with Crippen molar-refractivity contribution in [1.29, 1.82) is 0 Å². The molecule has 152 valence electrons. The van der Waals surface area contributed by atoms with Crippen molar-refractivity contribution in [2.75, 3.05) is 13.4 Å². The van der Waals surface area contributed by atoms with Crippen LogP contribution in [0.2, 0.25) is 0 Å². The van der Waals surface area contributed by atoms with Gasteiger partial charge in [-0.25, -0.2) is 13.9 Å². The summed E-state index contributed by atoms with van der Waals surface area (Å²) in [7, 11) is -2.23. The number of carbonyl (C=O) groups excluding carboxylic acids is 1. The van der Waals surface area contributed by atoms with E-state index in [0.29, 0.717) is 5.56 Å². The van der Waals surface area contributed by atoms with E-state index < -0.39 is 20.5 Å². The van der Waals surface area contributed by atoms with Crippen LogP contribution in [-0.2, 0) is 21.2 Å². The van der Waals surface area contributed by atoms with Gasteiger partial charge in [0, 0.05) is 25.1 Å². The summed E-state index contributed by atoms with van der Waals surface area (Å²) in [5.74, 6) is -0.285. The van der Waals surface area contributed by atoms with Crippen LogP contribution >= 0.6 is 0 Å². The number of hydrogen-bond donors (Lipinski definition) is 2. The fraction of sp³-hybridized carbons (Fsp3) is 0.368. The van der Waals surface area contributed by atoms with Crippen molar-refractivity contribution in [2.45, 2.75) is 31.6 Å². The molecular weight excluding hydrogens is 384 g/mol. The van der Waals surface area contributed by atoms with Gasteiger partial charge in [-0.2, -0.15) is 0 Å². The number of carbonyl (C=O) groups is 1. The summed E-state index contributed by atoms with van der Waals surface area (Å²) in [4.78, 5) is 24.3. The molecule has 2 aromatic rings. The van der Waals surface area contributed by atoms with Gasteiger partial charge < -0.3 is 9.30 Å². The minimum Gasteiger partial charge on any atom is -0.496 e. The highest BCUT2D eigenvalue weighted by Crippen LogP contribution is 2.26. The number of benzene rings is 1. The Kier molecular flexibility index (Phi) is 6.30. The maximum absolute atomic E-state index is 12.5. The Hall–Kier alpha value is -2.65. The van der Waals surface area contributed by atoms with Crippen LogP contribution in [0.1, 0.15) is 18.9 Å². The van der Waals surface area contributed by atoms with E-state index in [4.69, 9.17) is 9.94 Å². The van der Waals surface area contributed by atoms with E-state index in [0.717, 1.165) is 23.1 Å². The monoisotopic (exact) mass is 408 g/mol. The first kappa shape index (κ1) is 21.6. The van der Waals surface area contributed by atoms with Crippen molar-refractivity contribution in [3.8, 4) is 16.9 Å². The smallest absolute Gasteiger partial charge is 0.264 e. The second-order valence-corrected chi connectivity index (χ2v) is 9.27. The molecule has 0 radical (unpaired) electrons. The zero-order valence-electron chi connectivity index (χ0n) is 16.2. The van der Waals surface area contributed by atoms with Crippen LogP contribution in [0.15, 0.2) is 41.3 Å². The van der Waals surface area contributed by atoms with Gasteiger partial charge in [0.2, 0.25) is 0 Å². The average Bonchev–Trinajstić information content (AvgIpc) is 2.65. The quantitative estimate of drug-likeness (QED) is 0.530. The van der Waals surface area contributed by atoms with Crippen molar-refractivity contribution >= 4 is 15.7 Å². The lowest BCUT2D eigenvalue weighted by molar-refractivity contribution is -0.131. The first-order valence-corrected chi connectivity index (χ1v) is 10.4. The van der Waals surface area contributed by atoms with E-state index in [-0.39, 0.29) is 18.5 Å².